The SMILES string of the molecule is Cc1cc(OCCCC2=C(C(=O)NS(=O)(=O)c3ccccc3)Cc3c2cccc3-c2c(C)n[nH]c2C)cc(C)c1Cl.Cc1cc(OCCCC2=C(C(=O)NS(=O)(=O)c3ccccc3)Cc3c2cccc3-c2c(COc3ccccn3)nn(C)c2C)cc(C)c1Cl.Cc1cc(OCCCC2=C(C(=O)NS(=O)(=O)c3ccccc3)Cc3c2cccc3-c2c(COc3cccnc3)nn(C)c2C)cc(C)c1Cl. The molecule has 31 heteroatoms. The summed E-state index contributed by atoms with van der Waals surface area (Å²) in [6, 6.07) is 62.2. The molecule has 0 spiro atoms. The van der Waals surface area contributed by atoms with Gasteiger partial charge in [-0.25, -0.2) is 44.4 Å². The summed E-state index contributed by atoms with van der Waals surface area (Å²) in [5.74, 6) is 1.40. The van der Waals surface area contributed by atoms with Crippen LogP contribution < -0.4 is 37.9 Å². The van der Waals surface area contributed by atoms with E-state index in [4.69, 9.17) is 68.7 Å². The summed E-state index contributed by atoms with van der Waals surface area (Å²) in [5, 5.41) is 19.1. The van der Waals surface area contributed by atoms with Gasteiger partial charge in [0.05, 0.1) is 46.4 Å². The van der Waals surface area contributed by atoms with E-state index >= 15 is 0 Å². The van der Waals surface area contributed by atoms with Crippen LogP contribution >= 0.6 is 34.8 Å². The van der Waals surface area contributed by atoms with E-state index in [2.05, 4.69) is 34.3 Å². The molecule has 5 aromatic heterocycles. The molecule has 17 rings (SSSR count). The fourth-order valence-electron chi connectivity index (χ4n) is 17.9. The van der Waals surface area contributed by atoms with Gasteiger partial charge in [-0.15, -0.1) is 0 Å². The Hall–Kier alpha value is -13.7. The minimum Gasteiger partial charge on any atom is -0.494 e. The van der Waals surface area contributed by atoms with Crippen LogP contribution in [0, 0.1) is 69.2 Å². The second-order valence-electron chi connectivity index (χ2n) is 34.4. The summed E-state index contributed by atoms with van der Waals surface area (Å²) in [5.41, 5.74) is 25.7. The molecule has 0 radical (unpaired) electrons. The number of ether oxygens (including phenoxy) is 5. The lowest BCUT2D eigenvalue weighted by atomic mass is 9.93. The number of allylic oxidation sites excluding steroid dienone is 3. The predicted octanol–water partition coefficient (Wildman–Crippen LogP) is 21.3. The van der Waals surface area contributed by atoms with Gasteiger partial charge in [0.25, 0.3) is 47.8 Å². The lowest BCUT2D eigenvalue weighted by Crippen LogP contribution is -2.32. The number of amides is 3. The number of fused-ring (bicyclic) bond motifs is 3. The first-order chi connectivity index (χ1) is 66.6. The Kier molecular flexibility index (Phi) is 31.2. The maximum absolute atomic E-state index is 13.9. The van der Waals surface area contributed by atoms with Gasteiger partial charge in [0.15, 0.2) is 0 Å². The van der Waals surface area contributed by atoms with Crippen LogP contribution in [0.2, 0.25) is 15.1 Å². The number of aromatic nitrogens is 8. The highest BCUT2D eigenvalue weighted by atomic mass is 35.5. The number of carbonyl (C=O) groups excluding carboxylic acids is 3. The minimum atomic E-state index is -4.09. The molecule has 0 saturated carbocycles. The van der Waals surface area contributed by atoms with Gasteiger partial charge in [0.2, 0.25) is 5.88 Å². The highest BCUT2D eigenvalue weighted by Crippen LogP contribution is 2.48. The van der Waals surface area contributed by atoms with Crippen LogP contribution in [-0.4, -0.2) is 103 Å². The summed E-state index contributed by atoms with van der Waals surface area (Å²) in [4.78, 5) is 49.8. The molecular formula is C108H106Cl3N11O14S3. The number of benzene rings is 9. The lowest BCUT2D eigenvalue weighted by molar-refractivity contribution is -0.116. The molecular weight excluding hydrogens is 1880 g/mol. The highest BCUT2D eigenvalue weighted by molar-refractivity contribution is 7.90. The van der Waals surface area contributed by atoms with Gasteiger partial charge in [0, 0.05) is 117 Å². The second kappa shape index (κ2) is 43.5. The van der Waals surface area contributed by atoms with Gasteiger partial charge >= 0.3 is 0 Å². The topological polar surface area (TPSA) is 326 Å². The molecule has 139 heavy (non-hydrogen) atoms. The second-order valence-corrected chi connectivity index (χ2v) is 40.6. The van der Waals surface area contributed by atoms with Crippen LogP contribution in [0.15, 0.2) is 262 Å². The maximum atomic E-state index is 13.9. The van der Waals surface area contributed by atoms with Crippen molar-refractivity contribution in [3.05, 3.63) is 364 Å². The fraction of sp³-hybridized carbons (Fsp3) is 0.241. The summed E-state index contributed by atoms with van der Waals surface area (Å²) < 4.78 is 120. The molecule has 9 aromatic carbocycles. The van der Waals surface area contributed by atoms with Crippen LogP contribution in [0.5, 0.6) is 28.9 Å². The number of nitrogens with zero attached hydrogens (tertiary/aromatic N) is 7. The van der Waals surface area contributed by atoms with Crippen molar-refractivity contribution in [1.29, 1.82) is 0 Å². The van der Waals surface area contributed by atoms with E-state index in [1.165, 1.54) is 36.4 Å². The van der Waals surface area contributed by atoms with Crippen LogP contribution in [0.1, 0.15) is 139 Å². The summed E-state index contributed by atoms with van der Waals surface area (Å²) >= 11 is 19.0. The first kappa shape index (κ1) is 99.7. The first-order valence-electron chi connectivity index (χ1n) is 45.4. The molecule has 0 aliphatic heterocycles. The van der Waals surface area contributed by atoms with Gasteiger partial charge in [-0.1, -0.05) is 150 Å². The van der Waals surface area contributed by atoms with Crippen LogP contribution in [0.25, 0.3) is 50.1 Å². The smallest absolute Gasteiger partial charge is 0.264 e. The van der Waals surface area contributed by atoms with Gasteiger partial charge in [0.1, 0.15) is 47.6 Å². The predicted molar refractivity (Wildman–Crippen MR) is 542 cm³/mol. The van der Waals surface area contributed by atoms with Gasteiger partial charge < -0.3 is 23.7 Å². The van der Waals surface area contributed by atoms with E-state index in [0.717, 1.165) is 173 Å². The number of pyridine rings is 2. The normalized spacial score (nSPS) is 12.7. The van der Waals surface area contributed by atoms with Crippen molar-refractivity contribution in [3.8, 4) is 62.3 Å². The van der Waals surface area contributed by atoms with Crippen molar-refractivity contribution in [2.45, 2.75) is 155 Å². The first-order valence-corrected chi connectivity index (χ1v) is 50.9. The van der Waals surface area contributed by atoms with Crippen LogP contribution in [0.4, 0.5) is 0 Å². The number of nitrogens with one attached hydrogen (secondary N) is 4. The third-order valence-electron chi connectivity index (χ3n) is 24.8. The zero-order chi connectivity index (χ0) is 98.7. The van der Waals surface area contributed by atoms with Crippen molar-refractivity contribution in [2.75, 3.05) is 19.8 Å². The summed E-state index contributed by atoms with van der Waals surface area (Å²) in [7, 11) is -8.45. The number of aromatic amines is 1. The standard InChI is InChI=1S/2C38H37ClN4O5S.C32H32ClN3O4S/c1-24-19-28(20-25(2)37(24)39)47-18-10-16-31-30-14-8-15-32(36-26(3)43(4)41-35(36)23-48-27-11-9-17-40-22-27)33(30)21-34(31)38(44)42-49(45,46)29-12-6-5-7-13-29;1-24-20-27(21-25(2)37(24)39)47-19-11-16-30-29-14-10-15-31(36-26(3)43(4)41-34(36)23-48-35-17-8-9-18-40-35)32(29)22-33(30)38(44)42-49(45,46)28-12-6-5-7-13-28;1-19-16-23(17-20(2)31(19)33)40-15-9-14-26-25-12-8-13-27(30-21(3)34-35-22(30)4)28(25)18-29(26)32(37)36-41(38,39)24-10-6-5-7-11-24/h5-9,11-15,17,19-20,22H,10,16,18,21,23H2,1-4H3,(H,42,44);5-10,12-15,17-18,20-21H,11,16,19,22-23H2,1-4H3,(H,42,44);5-8,10-13,16-17H,9,14-15,18H2,1-4H3,(H,34,35)(H,36,37). The number of halogens is 3. The highest BCUT2D eigenvalue weighted by Gasteiger charge is 2.37. The Morgan fingerprint density at radius 3 is 1.04 bits per heavy atom. The average molecular weight is 1980 g/mol. The quantitative estimate of drug-likeness (QED) is 0.0278. The Labute approximate surface area is 825 Å². The number of hydrogen-bond acceptors (Lipinski definition) is 19. The van der Waals surface area contributed by atoms with Crippen LogP contribution in [-0.2, 0) is 91.0 Å². The van der Waals surface area contributed by atoms with Crippen molar-refractivity contribution < 1.29 is 63.3 Å². The molecule has 3 amide bonds. The Morgan fingerprint density at radius 1 is 0.381 bits per heavy atom. The number of rotatable bonds is 33. The monoisotopic (exact) mass is 1980 g/mol. The van der Waals surface area contributed by atoms with Gasteiger partial charge in [-0.2, -0.15) is 15.3 Å². The molecule has 0 fully saturated rings. The molecule has 0 unspecified atom stereocenters. The lowest BCUT2D eigenvalue weighted by Gasteiger charge is -2.13. The number of sulfonamides is 3. The Bertz CT molecular complexity index is 7100. The van der Waals surface area contributed by atoms with E-state index in [0.29, 0.717) is 103 Å². The largest absolute Gasteiger partial charge is 0.494 e. The van der Waals surface area contributed by atoms with Crippen molar-refractivity contribution in [1.82, 2.24) is 53.9 Å². The zero-order valence-electron chi connectivity index (χ0n) is 79.0. The molecule has 3 aliphatic rings. The van der Waals surface area contributed by atoms with E-state index in [-0.39, 0.29) is 40.7 Å². The fourth-order valence-corrected chi connectivity index (χ4v) is 21.2. The van der Waals surface area contributed by atoms with Gasteiger partial charge in [-0.3, -0.25) is 33.8 Å². The minimum absolute atomic E-state index is 0.0205. The van der Waals surface area contributed by atoms with E-state index < -0.39 is 47.8 Å². The Balaban J connectivity index is 0.000000159. The Morgan fingerprint density at radius 2 is 0.719 bits per heavy atom. The molecule has 3 aliphatic carbocycles. The zero-order valence-corrected chi connectivity index (χ0v) is 83.8. The number of aryl methyl sites for hydroxylation is 10. The van der Waals surface area contributed by atoms with E-state index in [9.17, 15) is 39.6 Å². The van der Waals surface area contributed by atoms with Crippen molar-refractivity contribution in [2.24, 2.45) is 14.1 Å². The summed E-state index contributed by atoms with van der Waals surface area (Å²) in [6.07, 6.45) is 9.19. The molecule has 0 bridgehead atoms. The van der Waals surface area contributed by atoms with E-state index in [1.54, 1.807) is 79.3 Å². The van der Waals surface area contributed by atoms with Crippen LogP contribution in [0.3, 0.4) is 0 Å². The molecule has 0 atom stereocenters. The maximum Gasteiger partial charge on any atom is 0.264 e. The van der Waals surface area contributed by atoms with Gasteiger partial charge in [-0.05, 0) is 299 Å². The van der Waals surface area contributed by atoms with Crippen molar-refractivity contribution in [3.63, 3.8) is 0 Å². The number of carbonyl (C=O) groups is 3. The number of hydrogen-bond donors (Lipinski definition) is 4. The molecule has 14 aromatic rings. The molecule has 0 saturated heterocycles. The molecule has 5 heterocycles. The number of H-pyrrole nitrogens is 1. The van der Waals surface area contributed by atoms with E-state index in [1.807, 2.05) is 208 Å². The summed E-state index contributed by atoms with van der Waals surface area (Å²) in [6.45, 7) is 21.2. The third kappa shape index (κ3) is 22.8. The molecule has 716 valence electrons. The molecule has 4 N–H and O–H groups in total. The third-order valence-corrected chi connectivity index (χ3v) is 30.7. The van der Waals surface area contributed by atoms with Crippen molar-refractivity contribution >= 4 is 99.3 Å². The average Bonchev–Trinajstić information content (AvgIpc) is 1.61. The molecule has 25 nitrogen and oxygen atoms in total.